The fourth-order valence-corrected chi connectivity index (χ4v) is 2.32. The van der Waals surface area contributed by atoms with Crippen LogP contribution in [0.1, 0.15) is 16.7 Å². The van der Waals surface area contributed by atoms with Crippen molar-refractivity contribution >= 4 is 12.0 Å². The van der Waals surface area contributed by atoms with E-state index in [1.54, 1.807) is 32.4 Å². The average Bonchev–Trinajstić information content (AvgIpc) is 2.65. The van der Waals surface area contributed by atoms with E-state index in [0.29, 0.717) is 11.5 Å². The number of aryl methyl sites for hydroxylation is 1. The molecule has 0 aliphatic carbocycles. The van der Waals surface area contributed by atoms with Crippen LogP contribution in [0, 0.1) is 18.3 Å². The molecule has 2 rings (SSSR count). The highest BCUT2D eigenvalue weighted by Gasteiger charge is 2.11. The molecular weight excluding hydrogens is 316 g/mol. The molecule has 0 spiro atoms. The summed E-state index contributed by atoms with van der Waals surface area (Å²) in [6.07, 6.45) is 1.59. The van der Waals surface area contributed by atoms with Crippen molar-refractivity contribution in [3.05, 3.63) is 64.7 Å². The second kappa shape index (κ2) is 8.55. The van der Waals surface area contributed by atoms with Gasteiger partial charge in [0, 0.05) is 18.2 Å². The number of nitrogens with one attached hydrogen (secondary N) is 1. The zero-order chi connectivity index (χ0) is 18.2. The van der Waals surface area contributed by atoms with Gasteiger partial charge >= 0.3 is 0 Å². The molecule has 2 aromatic rings. The third-order valence-corrected chi connectivity index (χ3v) is 3.79. The zero-order valence-electron chi connectivity index (χ0n) is 14.5. The third-order valence-electron chi connectivity index (χ3n) is 3.79. The number of hydrogen-bond donors (Lipinski definition) is 1. The fourth-order valence-electron chi connectivity index (χ4n) is 2.32. The summed E-state index contributed by atoms with van der Waals surface area (Å²) in [7, 11) is 3.13. The molecule has 0 aliphatic heterocycles. The van der Waals surface area contributed by atoms with Gasteiger partial charge in [0.2, 0.25) is 0 Å². The van der Waals surface area contributed by atoms with E-state index in [-0.39, 0.29) is 12.1 Å². The van der Waals surface area contributed by atoms with E-state index in [0.717, 1.165) is 16.7 Å². The number of hydrogen-bond acceptors (Lipinski definition) is 4. The number of ether oxygens (including phenoxy) is 2. The Kier molecular flexibility index (Phi) is 6.19. The number of rotatable bonds is 6. The molecule has 0 atom stereocenters. The van der Waals surface area contributed by atoms with Crippen molar-refractivity contribution in [2.45, 2.75) is 13.5 Å². The van der Waals surface area contributed by atoms with Crippen molar-refractivity contribution in [2.24, 2.45) is 0 Å². The number of amides is 1. The van der Waals surface area contributed by atoms with Crippen LogP contribution in [0.3, 0.4) is 0 Å². The van der Waals surface area contributed by atoms with Gasteiger partial charge in [-0.1, -0.05) is 24.3 Å². The summed E-state index contributed by atoms with van der Waals surface area (Å²) in [6.45, 7) is 2.18. The number of carbonyl (C=O) groups excluding carboxylic acids is 1. The first-order valence-corrected chi connectivity index (χ1v) is 7.75. The molecule has 0 aliphatic rings. The first-order valence-electron chi connectivity index (χ1n) is 7.75. The Hall–Kier alpha value is -3.26. The van der Waals surface area contributed by atoms with Gasteiger partial charge in [-0.3, -0.25) is 4.79 Å². The standard InChI is InChI=1S/C20H20N2O3/c1-14-6-4-5-7-15(14)10-17(12-21)20(23)22-13-16-8-9-18(24-2)11-19(16)25-3/h4-11H,13H2,1-3H3,(H,22,23)/b17-10+. The largest absolute Gasteiger partial charge is 0.497 e. The van der Waals surface area contributed by atoms with Gasteiger partial charge in [0.1, 0.15) is 23.1 Å². The maximum absolute atomic E-state index is 12.3. The molecule has 0 saturated carbocycles. The van der Waals surface area contributed by atoms with E-state index < -0.39 is 5.91 Å². The molecule has 0 saturated heterocycles. The SMILES string of the molecule is COc1ccc(CNC(=O)/C(C#N)=C/c2ccccc2C)c(OC)c1. The van der Waals surface area contributed by atoms with Crippen LogP contribution in [-0.4, -0.2) is 20.1 Å². The quantitative estimate of drug-likeness (QED) is 0.649. The van der Waals surface area contributed by atoms with E-state index in [9.17, 15) is 10.1 Å². The minimum Gasteiger partial charge on any atom is -0.497 e. The monoisotopic (exact) mass is 336 g/mol. The molecule has 5 heteroatoms. The van der Waals surface area contributed by atoms with Gasteiger partial charge in [-0.25, -0.2) is 0 Å². The minimum atomic E-state index is -0.427. The molecule has 1 N–H and O–H groups in total. The van der Waals surface area contributed by atoms with Gasteiger partial charge in [0.05, 0.1) is 14.2 Å². The number of methoxy groups -OCH3 is 2. The van der Waals surface area contributed by atoms with Crippen molar-refractivity contribution in [3.63, 3.8) is 0 Å². The first-order chi connectivity index (χ1) is 12.1. The zero-order valence-corrected chi connectivity index (χ0v) is 14.5. The van der Waals surface area contributed by atoms with Crippen molar-refractivity contribution in [3.8, 4) is 17.6 Å². The molecule has 0 fully saturated rings. The lowest BCUT2D eigenvalue weighted by Crippen LogP contribution is -2.24. The Labute approximate surface area is 147 Å². The second-order valence-electron chi connectivity index (χ2n) is 5.39. The Morgan fingerprint density at radius 2 is 1.96 bits per heavy atom. The molecule has 5 nitrogen and oxygen atoms in total. The van der Waals surface area contributed by atoms with Crippen LogP contribution >= 0.6 is 0 Å². The van der Waals surface area contributed by atoms with Gasteiger partial charge in [0.25, 0.3) is 5.91 Å². The van der Waals surface area contributed by atoms with Gasteiger partial charge < -0.3 is 14.8 Å². The summed E-state index contributed by atoms with van der Waals surface area (Å²) in [6, 6.07) is 14.9. The Morgan fingerprint density at radius 1 is 1.20 bits per heavy atom. The van der Waals surface area contributed by atoms with Crippen molar-refractivity contribution < 1.29 is 14.3 Å². The fraction of sp³-hybridized carbons (Fsp3) is 0.200. The normalized spacial score (nSPS) is 10.7. The smallest absolute Gasteiger partial charge is 0.262 e. The van der Waals surface area contributed by atoms with Gasteiger partial charge in [-0.2, -0.15) is 5.26 Å². The molecule has 25 heavy (non-hydrogen) atoms. The molecular formula is C20H20N2O3. The van der Waals surface area contributed by atoms with Gasteiger partial charge in [-0.15, -0.1) is 0 Å². The lowest BCUT2D eigenvalue weighted by molar-refractivity contribution is -0.117. The number of nitriles is 1. The van der Waals surface area contributed by atoms with E-state index in [2.05, 4.69) is 5.32 Å². The van der Waals surface area contributed by atoms with Crippen LogP contribution < -0.4 is 14.8 Å². The molecule has 0 aromatic heterocycles. The Balaban J connectivity index is 2.14. The predicted octanol–water partition coefficient (Wildman–Crippen LogP) is 3.24. The topological polar surface area (TPSA) is 71.3 Å². The highest BCUT2D eigenvalue weighted by molar-refractivity contribution is 6.01. The molecule has 0 bridgehead atoms. The van der Waals surface area contributed by atoms with E-state index in [4.69, 9.17) is 9.47 Å². The predicted molar refractivity (Wildman–Crippen MR) is 96.2 cm³/mol. The highest BCUT2D eigenvalue weighted by Crippen LogP contribution is 2.24. The molecule has 1 amide bonds. The van der Waals surface area contributed by atoms with Crippen LogP contribution in [0.4, 0.5) is 0 Å². The van der Waals surface area contributed by atoms with Crippen LogP contribution in [0.2, 0.25) is 0 Å². The molecule has 0 heterocycles. The van der Waals surface area contributed by atoms with Crippen LogP contribution in [0.15, 0.2) is 48.0 Å². The molecule has 128 valence electrons. The maximum Gasteiger partial charge on any atom is 0.262 e. The lowest BCUT2D eigenvalue weighted by atomic mass is 10.1. The summed E-state index contributed by atoms with van der Waals surface area (Å²) in [5.74, 6) is 0.855. The number of benzene rings is 2. The Bertz CT molecular complexity index is 835. The molecule has 0 radical (unpaired) electrons. The lowest BCUT2D eigenvalue weighted by Gasteiger charge is -2.11. The highest BCUT2D eigenvalue weighted by atomic mass is 16.5. The van der Waals surface area contributed by atoms with Crippen molar-refractivity contribution in [1.29, 1.82) is 5.26 Å². The minimum absolute atomic E-state index is 0.0572. The summed E-state index contributed by atoms with van der Waals surface area (Å²) in [4.78, 5) is 12.3. The van der Waals surface area contributed by atoms with E-state index >= 15 is 0 Å². The van der Waals surface area contributed by atoms with Crippen LogP contribution in [0.5, 0.6) is 11.5 Å². The van der Waals surface area contributed by atoms with Gasteiger partial charge in [0.15, 0.2) is 0 Å². The summed E-state index contributed by atoms with van der Waals surface area (Å²) >= 11 is 0. The van der Waals surface area contributed by atoms with Crippen molar-refractivity contribution in [1.82, 2.24) is 5.32 Å². The van der Waals surface area contributed by atoms with E-state index in [1.165, 1.54) is 0 Å². The van der Waals surface area contributed by atoms with E-state index in [1.807, 2.05) is 43.3 Å². The van der Waals surface area contributed by atoms with Crippen LogP contribution in [-0.2, 0) is 11.3 Å². The molecule has 0 unspecified atom stereocenters. The number of carbonyl (C=O) groups is 1. The summed E-state index contributed by atoms with van der Waals surface area (Å²) in [5.41, 5.74) is 2.70. The van der Waals surface area contributed by atoms with Crippen LogP contribution in [0.25, 0.3) is 6.08 Å². The number of nitrogens with zero attached hydrogens (tertiary/aromatic N) is 1. The average molecular weight is 336 g/mol. The second-order valence-corrected chi connectivity index (χ2v) is 5.39. The van der Waals surface area contributed by atoms with Crippen molar-refractivity contribution in [2.75, 3.05) is 14.2 Å². The first kappa shape index (κ1) is 18.1. The summed E-state index contributed by atoms with van der Waals surface area (Å²) in [5, 5.41) is 12.0. The summed E-state index contributed by atoms with van der Waals surface area (Å²) < 4.78 is 10.5. The Morgan fingerprint density at radius 3 is 2.60 bits per heavy atom. The molecule has 2 aromatic carbocycles. The van der Waals surface area contributed by atoms with Gasteiger partial charge in [-0.05, 0) is 36.3 Å². The third kappa shape index (κ3) is 4.61. The maximum atomic E-state index is 12.3.